The number of hydrogen-bond donors (Lipinski definition) is 1. The fourth-order valence-electron chi connectivity index (χ4n) is 2.27. The van der Waals surface area contributed by atoms with Crippen LogP contribution in [0.4, 0.5) is 0 Å². The van der Waals surface area contributed by atoms with Crippen molar-refractivity contribution in [3.05, 3.63) is 24.2 Å². The molecule has 4 heteroatoms. The first-order valence-corrected chi connectivity index (χ1v) is 5.83. The van der Waals surface area contributed by atoms with Crippen LogP contribution in [-0.2, 0) is 0 Å². The molecule has 1 aliphatic heterocycles. The van der Waals surface area contributed by atoms with Gasteiger partial charge in [0.25, 0.3) is 0 Å². The van der Waals surface area contributed by atoms with Crippen molar-refractivity contribution < 1.29 is 4.42 Å². The van der Waals surface area contributed by atoms with Gasteiger partial charge in [-0.25, -0.2) is 0 Å². The molecule has 16 heavy (non-hydrogen) atoms. The SMILES string of the molecule is CN1CCN(C)C(CC(N)c2ccoc2)C1. The van der Waals surface area contributed by atoms with E-state index in [1.165, 1.54) is 0 Å². The van der Waals surface area contributed by atoms with Crippen molar-refractivity contribution in [2.45, 2.75) is 18.5 Å². The van der Waals surface area contributed by atoms with Gasteiger partial charge in [0.1, 0.15) is 0 Å². The molecule has 2 unspecified atom stereocenters. The van der Waals surface area contributed by atoms with Crippen molar-refractivity contribution in [3.8, 4) is 0 Å². The standard InChI is InChI=1S/C12H21N3O/c1-14-4-5-15(2)11(8-14)7-12(13)10-3-6-16-9-10/h3,6,9,11-12H,4-5,7-8,13H2,1-2H3. The largest absolute Gasteiger partial charge is 0.472 e. The van der Waals surface area contributed by atoms with E-state index in [9.17, 15) is 0 Å². The number of hydrogen-bond acceptors (Lipinski definition) is 4. The van der Waals surface area contributed by atoms with Crippen LogP contribution in [0, 0.1) is 0 Å². The Morgan fingerprint density at radius 2 is 2.31 bits per heavy atom. The fourth-order valence-corrected chi connectivity index (χ4v) is 2.27. The summed E-state index contributed by atoms with van der Waals surface area (Å²) in [5.74, 6) is 0. The van der Waals surface area contributed by atoms with Gasteiger partial charge in [0, 0.05) is 37.3 Å². The van der Waals surface area contributed by atoms with Gasteiger partial charge in [0.2, 0.25) is 0 Å². The third-order valence-electron chi connectivity index (χ3n) is 3.48. The fraction of sp³-hybridized carbons (Fsp3) is 0.667. The van der Waals surface area contributed by atoms with E-state index in [2.05, 4.69) is 23.9 Å². The van der Waals surface area contributed by atoms with Crippen molar-refractivity contribution in [2.75, 3.05) is 33.7 Å². The first kappa shape index (κ1) is 11.6. The van der Waals surface area contributed by atoms with Gasteiger partial charge in [0.05, 0.1) is 12.5 Å². The van der Waals surface area contributed by atoms with Gasteiger partial charge in [-0.2, -0.15) is 0 Å². The Labute approximate surface area is 97.0 Å². The third kappa shape index (κ3) is 2.64. The van der Waals surface area contributed by atoms with Crippen LogP contribution in [0.1, 0.15) is 18.0 Å². The topological polar surface area (TPSA) is 45.6 Å². The molecular formula is C12H21N3O. The zero-order valence-corrected chi connectivity index (χ0v) is 10.1. The van der Waals surface area contributed by atoms with Crippen molar-refractivity contribution in [1.82, 2.24) is 9.80 Å². The molecule has 0 radical (unpaired) electrons. The monoisotopic (exact) mass is 223 g/mol. The molecule has 0 amide bonds. The quantitative estimate of drug-likeness (QED) is 0.827. The van der Waals surface area contributed by atoms with Crippen LogP contribution < -0.4 is 5.73 Å². The number of piperazine rings is 1. The van der Waals surface area contributed by atoms with Crippen LogP contribution in [0.5, 0.6) is 0 Å². The molecule has 1 aliphatic rings. The Kier molecular flexibility index (Phi) is 3.63. The van der Waals surface area contributed by atoms with E-state index in [0.29, 0.717) is 6.04 Å². The smallest absolute Gasteiger partial charge is 0.0950 e. The Balaban J connectivity index is 1.93. The van der Waals surface area contributed by atoms with Crippen molar-refractivity contribution in [3.63, 3.8) is 0 Å². The second-order valence-electron chi connectivity index (χ2n) is 4.80. The van der Waals surface area contributed by atoms with Crippen LogP contribution >= 0.6 is 0 Å². The Morgan fingerprint density at radius 1 is 1.50 bits per heavy atom. The predicted molar refractivity (Wildman–Crippen MR) is 64.2 cm³/mol. The summed E-state index contributed by atoms with van der Waals surface area (Å²) in [4.78, 5) is 4.77. The molecule has 1 fully saturated rings. The minimum Gasteiger partial charge on any atom is -0.472 e. The summed E-state index contributed by atoms with van der Waals surface area (Å²) in [7, 11) is 4.35. The Hall–Kier alpha value is -0.840. The molecule has 1 aromatic heterocycles. The minimum atomic E-state index is 0.0812. The molecular weight excluding hydrogens is 202 g/mol. The molecule has 0 spiro atoms. The highest BCUT2D eigenvalue weighted by Gasteiger charge is 2.24. The van der Waals surface area contributed by atoms with E-state index in [-0.39, 0.29) is 6.04 Å². The highest BCUT2D eigenvalue weighted by Crippen LogP contribution is 2.20. The summed E-state index contributed by atoms with van der Waals surface area (Å²) >= 11 is 0. The summed E-state index contributed by atoms with van der Waals surface area (Å²) in [6.07, 6.45) is 4.42. The van der Waals surface area contributed by atoms with Gasteiger partial charge in [-0.15, -0.1) is 0 Å². The van der Waals surface area contributed by atoms with Gasteiger partial charge in [0.15, 0.2) is 0 Å². The first-order chi connectivity index (χ1) is 7.66. The van der Waals surface area contributed by atoms with Gasteiger partial charge in [-0.1, -0.05) is 0 Å². The summed E-state index contributed by atoms with van der Waals surface area (Å²) in [5.41, 5.74) is 7.27. The van der Waals surface area contributed by atoms with E-state index in [4.69, 9.17) is 10.2 Å². The van der Waals surface area contributed by atoms with Gasteiger partial charge < -0.3 is 20.0 Å². The molecule has 4 nitrogen and oxygen atoms in total. The molecule has 2 N–H and O–H groups in total. The number of furan rings is 1. The van der Waals surface area contributed by atoms with Crippen LogP contribution in [0.3, 0.4) is 0 Å². The second kappa shape index (κ2) is 4.99. The number of likely N-dealkylation sites (N-methyl/N-ethyl adjacent to an activating group) is 2. The lowest BCUT2D eigenvalue weighted by molar-refractivity contribution is 0.104. The lowest BCUT2D eigenvalue weighted by atomic mass is 10.00. The van der Waals surface area contributed by atoms with E-state index < -0.39 is 0 Å². The maximum atomic E-state index is 6.17. The summed E-state index contributed by atoms with van der Waals surface area (Å²) in [6, 6.07) is 2.58. The van der Waals surface area contributed by atoms with Crippen LogP contribution in [-0.4, -0.2) is 49.6 Å². The minimum absolute atomic E-state index is 0.0812. The molecule has 0 bridgehead atoms. The van der Waals surface area contributed by atoms with E-state index >= 15 is 0 Å². The summed E-state index contributed by atoms with van der Waals surface area (Å²) in [5, 5.41) is 0. The van der Waals surface area contributed by atoms with Gasteiger partial charge in [-0.3, -0.25) is 0 Å². The van der Waals surface area contributed by atoms with Gasteiger partial charge >= 0.3 is 0 Å². The van der Waals surface area contributed by atoms with Crippen molar-refractivity contribution in [2.24, 2.45) is 5.73 Å². The molecule has 2 rings (SSSR count). The van der Waals surface area contributed by atoms with E-state index in [1.807, 2.05) is 6.07 Å². The summed E-state index contributed by atoms with van der Waals surface area (Å²) in [6.45, 7) is 3.37. The maximum Gasteiger partial charge on any atom is 0.0950 e. The molecule has 2 atom stereocenters. The second-order valence-corrected chi connectivity index (χ2v) is 4.80. The summed E-state index contributed by atoms with van der Waals surface area (Å²) < 4.78 is 5.07. The molecule has 0 aliphatic carbocycles. The first-order valence-electron chi connectivity index (χ1n) is 5.83. The number of rotatable bonds is 3. The zero-order valence-electron chi connectivity index (χ0n) is 10.1. The van der Waals surface area contributed by atoms with E-state index in [0.717, 1.165) is 31.6 Å². The molecule has 1 saturated heterocycles. The molecule has 90 valence electrons. The van der Waals surface area contributed by atoms with Crippen LogP contribution in [0.25, 0.3) is 0 Å². The Bertz CT molecular complexity index is 312. The van der Waals surface area contributed by atoms with Crippen molar-refractivity contribution >= 4 is 0 Å². The lowest BCUT2D eigenvalue weighted by Gasteiger charge is -2.38. The highest BCUT2D eigenvalue weighted by molar-refractivity contribution is 5.11. The Morgan fingerprint density at radius 3 is 3.00 bits per heavy atom. The average molecular weight is 223 g/mol. The average Bonchev–Trinajstić information content (AvgIpc) is 2.76. The molecule has 0 saturated carbocycles. The molecule has 1 aromatic rings. The third-order valence-corrected chi connectivity index (χ3v) is 3.48. The number of nitrogens with zero attached hydrogens (tertiary/aromatic N) is 2. The van der Waals surface area contributed by atoms with E-state index in [1.54, 1.807) is 12.5 Å². The predicted octanol–water partition coefficient (Wildman–Crippen LogP) is 0.915. The van der Waals surface area contributed by atoms with Crippen molar-refractivity contribution in [1.29, 1.82) is 0 Å². The lowest BCUT2D eigenvalue weighted by Crippen LogP contribution is -2.50. The van der Waals surface area contributed by atoms with Gasteiger partial charge in [-0.05, 0) is 26.6 Å². The number of nitrogens with two attached hydrogens (primary N) is 1. The normalized spacial score (nSPS) is 25.8. The highest BCUT2D eigenvalue weighted by atomic mass is 16.3. The maximum absolute atomic E-state index is 6.17. The molecule has 0 aromatic carbocycles. The van der Waals surface area contributed by atoms with Crippen LogP contribution in [0.15, 0.2) is 23.0 Å². The van der Waals surface area contributed by atoms with Crippen LogP contribution in [0.2, 0.25) is 0 Å². The zero-order chi connectivity index (χ0) is 11.5. The molecule has 2 heterocycles.